The van der Waals surface area contributed by atoms with E-state index < -0.39 is 18.3 Å². The maximum absolute atomic E-state index is 11.0. The van der Waals surface area contributed by atoms with Gasteiger partial charge >= 0.3 is 0 Å². The van der Waals surface area contributed by atoms with Crippen LogP contribution in [0.15, 0.2) is 0 Å². The lowest BCUT2D eigenvalue weighted by atomic mass is 9.83. The van der Waals surface area contributed by atoms with Crippen molar-refractivity contribution in [3.8, 4) is 0 Å². The van der Waals surface area contributed by atoms with Gasteiger partial charge in [-0.15, -0.1) is 0 Å². The van der Waals surface area contributed by atoms with Gasteiger partial charge in [0, 0.05) is 5.92 Å². The Morgan fingerprint density at radius 1 is 1.36 bits per heavy atom. The first-order valence-electron chi connectivity index (χ1n) is 3.62. The van der Waals surface area contributed by atoms with Crippen molar-refractivity contribution < 1.29 is 20.1 Å². The Morgan fingerprint density at radius 3 is 2.45 bits per heavy atom. The first-order chi connectivity index (χ1) is 5.04. The molecule has 4 nitrogen and oxygen atoms in total. The maximum atomic E-state index is 11.0. The molecule has 0 aromatic rings. The highest BCUT2D eigenvalue weighted by Crippen LogP contribution is 2.21. The zero-order valence-electron chi connectivity index (χ0n) is 6.27. The van der Waals surface area contributed by atoms with E-state index in [2.05, 4.69) is 0 Å². The molecule has 0 radical (unpaired) electrons. The van der Waals surface area contributed by atoms with E-state index in [1.165, 1.54) is 0 Å². The van der Waals surface area contributed by atoms with Crippen molar-refractivity contribution in [2.24, 2.45) is 5.92 Å². The Kier molecular flexibility index (Phi) is 2.27. The number of aliphatic hydroxyl groups is 3. The molecule has 0 spiro atoms. The second kappa shape index (κ2) is 2.89. The summed E-state index contributed by atoms with van der Waals surface area (Å²) < 4.78 is 0. The molecule has 0 heterocycles. The quantitative estimate of drug-likeness (QED) is 0.410. The lowest BCUT2D eigenvalue weighted by molar-refractivity contribution is -0.152. The summed E-state index contributed by atoms with van der Waals surface area (Å²) >= 11 is 0. The molecule has 0 unspecified atom stereocenters. The summed E-state index contributed by atoms with van der Waals surface area (Å²) in [6.07, 6.45) is -3.46. The summed E-state index contributed by atoms with van der Waals surface area (Å²) in [6, 6.07) is 0. The predicted octanol–water partition coefficient (Wildman–Crippen LogP) is -1.32. The number of hydrogen-bond donors (Lipinski definition) is 3. The highest BCUT2D eigenvalue weighted by Gasteiger charge is 2.39. The first-order valence-corrected chi connectivity index (χ1v) is 3.62. The van der Waals surface area contributed by atoms with Crippen LogP contribution in [0.5, 0.6) is 0 Å². The number of rotatable bonds is 0. The maximum Gasteiger partial charge on any atom is 0.166 e. The summed E-state index contributed by atoms with van der Waals surface area (Å²) in [5.41, 5.74) is 0. The smallest absolute Gasteiger partial charge is 0.166 e. The van der Waals surface area contributed by atoms with Crippen LogP contribution in [0.3, 0.4) is 0 Å². The largest absolute Gasteiger partial charge is 0.390 e. The van der Waals surface area contributed by atoms with Crippen LogP contribution in [0.2, 0.25) is 0 Å². The molecule has 1 aliphatic rings. The van der Waals surface area contributed by atoms with E-state index in [9.17, 15) is 4.79 Å². The molecule has 4 atom stereocenters. The van der Waals surface area contributed by atoms with Gasteiger partial charge in [-0.3, -0.25) is 4.79 Å². The van der Waals surface area contributed by atoms with E-state index in [0.717, 1.165) is 0 Å². The van der Waals surface area contributed by atoms with Gasteiger partial charge in [-0.25, -0.2) is 0 Å². The molecule has 0 aromatic carbocycles. The molecule has 0 aliphatic heterocycles. The second-order valence-electron chi connectivity index (χ2n) is 3.04. The van der Waals surface area contributed by atoms with Crippen molar-refractivity contribution in [1.82, 2.24) is 0 Å². The zero-order valence-corrected chi connectivity index (χ0v) is 6.27. The molecule has 1 saturated carbocycles. The fourth-order valence-corrected chi connectivity index (χ4v) is 1.29. The first kappa shape index (κ1) is 8.64. The van der Waals surface area contributed by atoms with Crippen LogP contribution in [-0.4, -0.2) is 39.4 Å². The van der Waals surface area contributed by atoms with Crippen LogP contribution in [-0.2, 0) is 4.79 Å². The summed E-state index contributed by atoms with van der Waals surface area (Å²) in [4.78, 5) is 11.0. The van der Waals surface area contributed by atoms with Crippen LogP contribution < -0.4 is 0 Å². The van der Waals surface area contributed by atoms with Gasteiger partial charge < -0.3 is 15.3 Å². The third-order valence-corrected chi connectivity index (χ3v) is 2.09. The van der Waals surface area contributed by atoms with Crippen molar-refractivity contribution in [3.63, 3.8) is 0 Å². The van der Waals surface area contributed by atoms with E-state index in [0.29, 0.717) is 0 Å². The van der Waals surface area contributed by atoms with Crippen LogP contribution >= 0.6 is 0 Å². The third-order valence-electron chi connectivity index (χ3n) is 2.09. The lowest BCUT2D eigenvalue weighted by Gasteiger charge is -2.30. The second-order valence-corrected chi connectivity index (χ2v) is 3.04. The van der Waals surface area contributed by atoms with Gasteiger partial charge in [0.05, 0.1) is 6.10 Å². The van der Waals surface area contributed by atoms with E-state index in [1.54, 1.807) is 6.92 Å². The molecular weight excluding hydrogens is 148 g/mol. The number of aliphatic hydroxyl groups excluding tert-OH is 3. The number of hydrogen-bond acceptors (Lipinski definition) is 4. The molecular formula is C7H12O4. The van der Waals surface area contributed by atoms with Crippen LogP contribution in [0.4, 0.5) is 0 Å². The molecule has 1 rings (SSSR count). The minimum Gasteiger partial charge on any atom is -0.390 e. The average molecular weight is 160 g/mol. The predicted molar refractivity (Wildman–Crippen MR) is 36.8 cm³/mol. The van der Waals surface area contributed by atoms with Gasteiger partial charge in [-0.2, -0.15) is 0 Å². The number of carbonyl (C=O) groups is 1. The number of ketones is 1. The number of carbonyl (C=O) groups excluding carboxylic acids is 1. The minimum absolute atomic E-state index is 0.233. The Bertz CT molecular complexity index is 168. The van der Waals surface area contributed by atoms with Gasteiger partial charge in [0.15, 0.2) is 5.78 Å². The summed E-state index contributed by atoms with van der Waals surface area (Å²) in [7, 11) is 0. The zero-order chi connectivity index (χ0) is 8.59. The fourth-order valence-electron chi connectivity index (χ4n) is 1.29. The van der Waals surface area contributed by atoms with Crippen LogP contribution in [0.1, 0.15) is 13.3 Å². The molecule has 3 N–H and O–H groups in total. The average Bonchev–Trinajstić information content (AvgIpc) is 1.97. The van der Waals surface area contributed by atoms with Gasteiger partial charge in [0.2, 0.25) is 0 Å². The molecule has 1 aliphatic carbocycles. The molecule has 64 valence electrons. The van der Waals surface area contributed by atoms with Crippen LogP contribution in [0.25, 0.3) is 0 Å². The summed E-state index contributed by atoms with van der Waals surface area (Å²) in [6.45, 7) is 1.63. The SMILES string of the molecule is C[C@H]1C[C@H](O)[C@@H](O)[C@@H](O)C1=O. The van der Waals surface area contributed by atoms with Gasteiger partial charge in [-0.05, 0) is 6.42 Å². The highest BCUT2D eigenvalue weighted by atomic mass is 16.4. The Hall–Kier alpha value is -0.450. The lowest BCUT2D eigenvalue weighted by Crippen LogP contribution is -2.50. The number of Topliss-reactive ketones (excluding diaryl/α,β-unsaturated/α-hetero) is 1. The van der Waals surface area contributed by atoms with Crippen molar-refractivity contribution in [3.05, 3.63) is 0 Å². The Morgan fingerprint density at radius 2 is 1.91 bits per heavy atom. The highest BCUT2D eigenvalue weighted by molar-refractivity contribution is 5.86. The van der Waals surface area contributed by atoms with E-state index in [4.69, 9.17) is 15.3 Å². The van der Waals surface area contributed by atoms with E-state index in [1.807, 2.05) is 0 Å². The third kappa shape index (κ3) is 1.42. The normalized spacial score (nSPS) is 46.0. The van der Waals surface area contributed by atoms with E-state index in [-0.39, 0.29) is 18.1 Å². The fraction of sp³-hybridized carbons (Fsp3) is 0.857. The molecule has 0 bridgehead atoms. The Labute approximate surface area is 64.5 Å². The van der Waals surface area contributed by atoms with Crippen molar-refractivity contribution in [2.45, 2.75) is 31.7 Å². The molecule has 1 fully saturated rings. The molecule has 0 amide bonds. The summed E-state index contributed by atoms with van der Waals surface area (Å²) in [5.74, 6) is -0.744. The summed E-state index contributed by atoms with van der Waals surface area (Å²) in [5, 5.41) is 27.1. The van der Waals surface area contributed by atoms with Gasteiger partial charge in [0.25, 0.3) is 0 Å². The van der Waals surface area contributed by atoms with Crippen LogP contribution in [0, 0.1) is 5.92 Å². The minimum atomic E-state index is -1.41. The molecule has 0 aromatic heterocycles. The van der Waals surface area contributed by atoms with Crippen molar-refractivity contribution >= 4 is 5.78 Å². The topological polar surface area (TPSA) is 77.8 Å². The molecule has 4 heteroatoms. The van der Waals surface area contributed by atoms with E-state index >= 15 is 0 Å². The molecule has 11 heavy (non-hydrogen) atoms. The van der Waals surface area contributed by atoms with Crippen molar-refractivity contribution in [2.75, 3.05) is 0 Å². The van der Waals surface area contributed by atoms with Gasteiger partial charge in [0.1, 0.15) is 12.2 Å². The standard InChI is InChI=1S/C7H12O4/c1-3-2-4(8)6(10)7(11)5(3)9/h3-4,6-8,10-11H,2H2,1H3/t3-,4-,6+,7-/m0/s1. The monoisotopic (exact) mass is 160 g/mol. The Balaban J connectivity index is 2.70. The van der Waals surface area contributed by atoms with Gasteiger partial charge in [-0.1, -0.05) is 6.92 Å². The molecule has 0 saturated heterocycles. The van der Waals surface area contributed by atoms with Crippen molar-refractivity contribution in [1.29, 1.82) is 0 Å².